The van der Waals surface area contributed by atoms with Crippen molar-refractivity contribution < 1.29 is 14.6 Å². The van der Waals surface area contributed by atoms with E-state index in [0.29, 0.717) is 12.5 Å². The number of hydrogen-bond donors (Lipinski definition) is 1. The van der Waals surface area contributed by atoms with Crippen LogP contribution < -0.4 is 0 Å². The average Bonchev–Trinajstić information content (AvgIpc) is 3.23. The molecular weight excluding hydrogens is 460 g/mol. The van der Waals surface area contributed by atoms with Gasteiger partial charge in [-0.05, 0) is 29.9 Å². The highest BCUT2D eigenvalue weighted by atomic mass is 16.6. The first-order chi connectivity index (χ1) is 18.0. The lowest BCUT2D eigenvalue weighted by Crippen LogP contribution is -2.55. The molecule has 0 bridgehead atoms. The Labute approximate surface area is 221 Å². The summed E-state index contributed by atoms with van der Waals surface area (Å²) in [5.41, 5.74) is 3.68. The zero-order valence-corrected chi connectivity index (χ0v) is 22.1. The molecule has 1 saturated carbocycles. The van der Waals surface area contributed by atoms with E-state index in [1.807, 2.05) is 0 Å². The van der Waals surface area contributed by atoms with Crippen LogP contribution in [0.1, 0.15) is 50.3 Å². The Kier molecular flexibility index (Phi) is 6.72. The second-order valence-electron chi connectivity index (χ2n) is 11.9. The summed E-state index contributed by atoms with van der Waals surface area (Å²) < 4.78 is 5.92. The molecule has 2 aromatic carbocycles. The Hall–Kier alpha value is -2.47. The summed E-state index contributed by atoms with van der Waals surface area (Å²) in [6.45, 7) is 8.85. The third kappa shape index (κ3) is 4.35. The SMILES string of the molecule is C[C@H]1CCC=C2C[C@H]3OC(=O)[C@@H](CN4CCN(C(c5ccccc5)c5ccccc5)CC4)[C@H]3[C@H](O)[C@@]21C. The van der Waals surface area contributed by atoms with Crippen LogP contribution in [0, 0.1) is 23.2 Å². The number of benzene rings is 2. The first-order valence-electron chi connectivity index (χ1n) is 14.1. The second kappa shape index (κ2) is 10.0. The van der Waals surface area contributed by atoms with Gasteiger partial charge in [0.05, 0.1) is 18.1 Å². The normalized spacial score (nSPS) is 34.5. The van der Waals surface area contributed by atoms with Crippen LogP contribution in [-0.2, 0) is 9.53 Å². The van der Waals surface area contributed by atoms with Crippen molar-refractivity contribution in [3.63, 3.8) is 0 Å². The average molecular weight is 501 g/mol. The lowest BCUT2D eigenvalue weighted by atomic mass is 9.55. The molecule has 2 aliphatic carbocycles. The summed E-state index contributed by atoms with van der Waals surface area (Å²) in [7, 11) is 0. The number of fused-ring (bicyclic) bond motifs is 2. The predicted molar refractivity (Wildman–Crippen MR) is 145 cm³/mol. The molecule has 2 heterocycles. The van der Waals surface area contributed by atoms with Crippen molar-refractivity contribution in [3.05, 3.63) is 83.4 Å². The Morgan fingerprint density at radius 3 is 2.24 bits per heavy atom. The molecule has 5 nitrogen and oxygen atoms in total. The van der Waals surface area contributed by atoms with Crippen molar-refractivity contribution in [1.82, 2.24) is 9.80 Å². The van der Waals surface area contributed by atoms with Gasteiger partial charge in [0.2, 0.25) is 0 Å². The Balaban J connectivity index is 1.16. The number of ether oxygens (including phenoxy) is 1. The number of carbonyl (C=O) groups excluding carboxylic acids is 1. The largest absolute Gasteiger partial charge is 0.461 e. The third-order valence-electron chi connectivity index (χ3n) is 10.0. The molecule has 0 spiro atoms. The molecule has 1 N–H and O–H groups in total. The van der Waals surface area contributed by atoms with E-state index in [2.05, 4.69) is 90.4 Å². The number of carbonyl (C=O) groups is 1. The number of hydrogen-bond acceptors (Lipinski definition) is 5. The second-order valence-corrected chi connectivity index (χ2v) is 11.9. The molecule has 0 unspecified atom stereocenters. The maximum Gasteiger partial charge on any atom is 0.311 e. The molecule has 0 radical (unpaired) electrons. The lowest BCUT2D eigenvalue weighted by Gasteiger charge is -2.52. The first-order valence-corrected chi connectivity index (χ1v) is 14.1. The van der Waals surface area contributed by atoms with Gasteiger partial charge in [-0.25, -0.2) is 0 Å². The van der Waals surface area contributed by atoms with Crippen molar-refractivity contribution in [1.29, 1.82) is 0 Å². The van der Waals surface area contributed by atoms with Crippen LogP contribution >= 0.6 is 0 Å². The summed E-state index contributed by atoms with van der Waals surface area (Å²) >= 11 is 0. The van der Waals surface area contributed by atoms with E-state index in [1.54, 1.807) is 0 Å². The fraction of sp³-hybridized carbons (Fsp3) is 0.531. The van der Waals surface area contributed by atoms with E-state index >= 15 is 0 Å². The minimum Gasteiger partial charge on any atom is -0.461 e. The van der Waals surface area contributed by atoms with E-state index in [9.17, 15) is 9.90 Å². The van der Waals surface area contributed by atoms with E-state index in [-0.39, 0.29) is 35.4 Å². The number of esters is 1. The summed E-state index contributed by atoms with van der Waals surface area (Å²) in [5, 5.41) is 11.7. The standard InChI is InChI=1S/C32H40N2O3/c1-22-10-9-15-25-20-27-28(30(35)32(22,25)2)26(31(36)37-27)21-33-16-18-34(19-17-33)29(23-11-5-3-6-12-23)24-13-7-4-8-14-24/h3-8,11-15,22,26-30,35H,9-10,16-21H2,1-2H3/t22-,26-,27+,28+,30-,32+/m0/s1. The molecule has 3 fully saturated rings. The molecule has 196 valence electrons. The van der Waals surface area contributed by atoms with Crippen molar-refractivity contribution in [2.75, 3.05) is 32.7 Å². The highest BCUT2D eigenvalue weighted by Gasteiger charge is 2.59. The number of aliphatic hydroxyl groups excluding tert-OH is 1. The van der Waals surface area contributed by atoms with Crippen LogP contribution in [0.25, 0.3) is 0 Å². The van der Waals surface area contributed by atoms with E-state index in [4.69, 9.17) is 4.74 Å². The molecule has 5 heteroatoms. The van der Waals surface area contributed by atoms with E-state index < -0.39 is 6.10 Å². The number of rotatable bonds is 5. The van der Waals surface area contributed by atoms with Gasteiger partial charge in [0, 0.05) is 50.5 Å². The Morgan fingerprint density at radius 1 is 1.00 bits per heavy atom. The molecule has 6 atom stereocenters. The van der Waals surface area contributed by atoms with Crippen LogP contribution in [0.2, 0.25) is 0 Å². The zero-order valence-electron chi connectivity index (χ0n) is 22.1. The van der Waals surface area contributed by atoms with Crippen molar-refractivity contribution >= 4 is 5.97 Å². The van der Waals surface area contributed by atoms with Crippen LogP contribution in [0.3, 0.4) is 0 Å². The fourth-order valence-electron chi connectivity index (χ4n) is 7.64. The monoisotopic (exact) mass is 500 g/mol. The van der Waals surface area contributed by atoms with Crippen molar-refractivity contribution in [2.24, 2.45) is 23.2 Å². The van der Waals surface area contributed by atoms with Gasteiger partial charge in [0.15, 0.2) is 0 Å². The molecule has 4 aliphatic rings. The number of aliphatic hydroxyl groups is 1. The first kappa shape index (κ1) is 24.8. The third-order valence-corrected chi connectivity index (χ3v) is 10.0. The number of nitrogens with zero attached hydrogens (tertiary/aromatic N) is 2. The Bertz CT molecular complexity index is 1090. The minimum absolute atomic E-state index is 0.113. The van der Waals surface area contributed by atoms with Crippen LogP contribution in [0.5, 0.6) is 0 Å². The lowest BCUT2D eigenvalue weighted by molar-refractivity contribution is -0.145. The van der Waals surface area contributed by atoms with Gasteiger partial charge in [0.25, 0.3) is 0 Å². The van der Waals surface area contributed by atoms with Gasteiger partial charge in [-0.1, -0.05) is 86.2 Å². The summed E-state index contributed by atoms with van der Waals surface area (Å²) in [4.78, 5) is 18.1. The zero-order chi connectivity index (χ0) is 25.6. The van der Waals surface area contributed by atoms with Crippen molar-refractivity contribution in [2.45, 2.75) is 51.4 Å². The molecule has 2 saturated heterocycles. The van der Waals surface area contributed by atoms with Crippen molar-refractivity contribution in [3.8, 4) is 0 Å². The molecule has 6 rings (SSSR count). The minimum atomic E-state index is -0.536. The van der Waals surface area contributed by atoms with Gasteiger partial charge >= 0.3 is 5.97 Å². The predicted octanol–water partition coefficient (Wildman–Crippen LogP) is 4.68. The van der Waals surface area contributed by atoms with Gasteiger partial charge in [-0.15, -0.1) is 0 Å². The van der Waals surface area contributed by atoms with E-state index in [1.165, 1.54) is 16.7 Å². The maximum atomic E-state index is 13.1. The van der Waals surface area contributed by atoms with Gasteiger partial charge in [0.1, 0.15) is 6.10 Å². The molecule has 0 aromatic heterocycles. The maximum absolute atomic E-state index is 13.1. The molecular formula is C32H40N2O3. The quantitative estimate of drug-likeness (QED) is 0.477. The number of piperazine rings is 1. The van der Waals surface area contributed by atoms with Crippen LogP contribution in [-0.4, -0.2) is 65.8 Å². The molecule has 0 amide bonds. The topological polar surface area (TPSA) is 53.0 Å². The molecule has 2 aliphatic heterocycles. The van der Waals surface area contributed by atoms with Gasteiger partial charge in [-0.2, -0.15) is 0 Å². The summed E-state index contributed by atoms with van der Waals surface area (Å²) in [6, 6.07) is 21.7. The summed E-state index contributed by atoms with van der Waals surface area (Å²) in [5.74, 6) is -0.0672. The van der Waals surface area contributed by atoms with Gasteiger partial charge < -0.3 is 9.84 Å². The Morgan fingerprint density at radius 2 is 1.62 bits per heavy atom. The van der Waals surface area contributed by atoms with Gasteiger partial charge in [-0.3, -0.25) is 14.6 Å². The fourth-order valence-corrected chi connectivity index (χ4v) is 7.64. The van der Waals surface area contributed by atoms with Crippen LogP contribution in [0.4, 0.5) is 0 Å². The molecule has 37 heavy (non-hydrogen) atoms. The highest BCUT2D eigenvalue weighted by Crippen LogP contribution is 2.56. The number of allylic oxidation sites excluding steroid dienone is 1. The van der Waals surface area contributed by atoms with Crippen LogP contribution in [0.15, 0.2) is 72.3 Å². The summed E-state index contributed by atoms with van der Waals surface area (Å²) in [6.07, 6.45) is 4.53. The molecule has 2 aromatic rings. The smallest absolute Gasteiger partial charge is 0.311 e. The highest BCUT2D eigenvalue weighted by molar-refractivity contribution is 5.76. The van der Waals surface area contributed by atoms with E-state index in [0.717, 1.165) is 45.4 Å².